The molecule has 0 aliphatic carbocycles. The molecule has 27 heavy (non-hydrogen) atoms. The minimum Gasteiger partial charge on any atom is -0.456 e. The van der Waals surface area contributed by atoms with E-state index in [2.05, 4.69) is 84.9 Å². The molecule has 0 spiro atoms. The third kappa shape index (κ3) is 2.36. The van der Waals surface area contributed by atoms with Crippen molar-refractivity contribution in [2.75, 3.05) is 0 Å². The highest BCUT2D eigenvalue weighted by Gasteiger charge is 2.36. The molecule has 6 rings (SSSR count). The highest BCUT2D eigenvalue weighted by atomic mass is 31.1. The molecule has 0 N–H and O–H groups in total. The Morgan fingerprint density at radius 1 is 0.630 bits per heavy atom. The van der Waals surface area contributed by atoms with Crippen LogP contribution in [0.4, 0.5) is 0 Å². The molecule has 4 aromatic carbocycles. The van der Waals surface area contributed by atoms with Crippen LogP contribution in [0.1, 0.15) is 11.1 Å². The third-order valence-electron chi connectivity index (χ3n) is 5.42. The van der Waals surface area contributed by atoms with Crippen molar-refractivity contribution >= 4 is 19.2 Å². The predicted octanol–water partition coefficient (Wildman–Crippen LogP) is 5.66. The summed E-state index contributed by atoms with van der Waals surface area (Å²) in [6, 6.07) is 29.9. The molecule has 2 heterocycles. The van der Waals surface area contributed by atoms with Gasteiger partial charge < -0.3 is 4.74 Å². The van der Waals surface area contributed by atoms with Gasteiger partial charge in [0.25, 0.3) is 0 Å². The van der Waals surface area contributed by atoms with E-state index in [1.807, 2.05) is 0 Å². The molecule has 0 saturated carbocycles. The normalized spacial score (nSPS) is 14.1. The second-order valence-electron chi connectivity index (χ2n) is 7.05. The molecular formula is C25H17OP. The maximum atomic E-state index is 6.54. The molecule has 2 heteroatoms. The van der Waals surface area contributed by atoms with Gasteiger partial charge in [0.1, 0.15) is 11.5 Å². The predicted molar refractivity (Wildman–Crippen MR) is 114 cm³/mol. The van der Waals surface area contributed by atoms with Crippen molar-refractivity contribution < 1.29 is 4.74 Å². The average molecular weight is 364 g/mol. The first-order valence-corrected chi connectivity index (χ1v) is 10.3. The molecule has 0 saturated heterocycles. The molecule has 4 aromatic rings. The van der Waals surface area contributed by atoms with Gasteiger partial charge in [0.15, 0.2) is 0 Å². The molecular weight excluding hydrogens is 347 g/mol. The summed E-state index contributed by atoms with van der Waals surface area (Å²) in [5.74, 6) is 2.05. The number of hydrogen-bond donors (Lipinski definition) is 0. The van der Waals surface area contributed by atoms with Crippen LogP contribution < -0.4 is 15.3 Å². The number of fused-ring (bicyclic) bond motifs is 4. The summed E-state index contributed by atoms with van der Waals surface area (Å²) in [5.41, 5.74) is 7.79. The van der Waals surface area contributed by atoms with Crippen LogP contribution in [0.15, 0.2) is 84.9 Å². The van der Waals surface area contributed by atoms with E-state index in [4.69, 9.17) is 4.74 Å². The van der Waals surface area contributed by atoms with E-state index in [1.165, 1.54) is 44.0 Å². The lowest BCUT2D eigenvalue weighted by Crippen LogP contribution is -2.13. The first kappa shape index (κ1) is 15.2. The SMILES string of the molecule is c1ccc(-c2c3c(c4c(c2-c2ccccc2)P4)Cc2ccccc2O3)cc1. The van der Waals surface area contributed by atoms with Gasteiger partial charge in [-0.2, -0.15) is 0 Å². The topological polar surface area (TPSA) is 9.23 Å². The summed E-state index contributed by atoms with van der Waals surface area (Å²) in [6.45, 7) is 0. The molecule has 1 atom stereocenters. The summed E-state index contributed by atoms with van der Waals surface area (Å²) in [6.07, 6.45) is 0.968. The molecule has 1 nitrogen and oxygen atoms in total. The zero-order valence-corrected chi connectivity index (χ0v) is 15.7. The second-order valence-corrected chi connectivity index (χ2v) is 8.30. The Labute approximate surface area is 160 Å². The van der Waals surface area contributed by atoms with Crippen LogP contribution in [0.2, 0.25) is 0 Å². The molecule has 128 valence electrons. The van der Waals surface area contributed by atoms with Crippen LogP contribution in [0.25, 0.3) is 22.3 Å². The first-order chi connectivity index (χ1) is 13.4. The fourth-order valence-electron chi connectivity index (χ4n) is 4.12. The Morgan fingerprint density at radius 2 is 1.26 bits per heavy atom. The average Bonchev–Trinajstić information content (AvgIpc) is 3.53. The second kappa shape index (κ2) is 5.81. The minimum absolute atomic E-state index is 0.800. The van der Waals surface area contributed by atoms with Crippen molar-refractivity contribution in [2.45, 2.75) is 6.42 Å². The van der Waals surface area contributed by atoms with Crippen molar-refractivity contribution in [1.29, 1.82) is 0 Å². The Kier molecular flexibility index (Phi) is 3.27. The fraction of sp³-hybridized carbons (Fsp3) is 0.0400. The number of ether oxygens (including phenoxy) is 1. The number of rotatable bonds is 2. The van der Waals surface area contributed by atoms with Gasteiger partial charge in [-0.25, -0.2) is 0 Å². The molecule has 0 bridgehead atoms. The Bertz CT molecular complexity index is 1180. The van der Waals surface area contributed by atoms with E-state index in [0.717, 1.165) is 26.5 Å². The van der Waals surface area contributed by atoms with Crippen molar-refractivity contribution in [3.05, 3.63) is 96.1 Å². The highest BCUT2D eigenvalue weighted by molar-refractivity contribution is 7.68. The van der Waals surface area contributed by atoms with Gasteiger partial charge in [-0.1, -0.05) is 87.4 Å². The molecule has 0 amide bonds. The van der Waals surface area contributed by atoms with Crippen LogP contribution in [-0.4, -0.2) is 0 Å². The zero-order chi connectivity index (χ0) is 17.8. The van der Waals surface area contributed by atoms with Gasteiger partial charge in [-0.05, 0) is 33.4 Å². The van der Waals surface area contributed by atoms with Crippen LogP contribution in [0, 0.1) is 0 Å². The summed E-state index contributed by atoms with van der Waals surface area (Å²) in [5, 5.41) is 3.03. The first-order valence-electron chi connectivity index (χ1n) is 9.26. The van der Waals surface area contributed by atoms with Gasteiger partial charge in [-0.3, -0.25) is 0 Å². The number of hydrogen-bond acceptors (Lipinski definition) is 1. The molecule has 1 unspecified atom stereocenters. The largest absolute Gasteiger partial charge is 0.456 e. The van der Waals surface area contributed by atoms with Crippen LogP contribution in [0.5, 0.6) is 11.5 Å². The van der Waals surface area contributed by atoms with E-state index in [1.54, 1.807) is 0 Å². The maximum Gasteiger partial charge on any atom is 0.140 e. The minimum atomic E-state index is 0.800. The molecule has 0 fully saturated rings. The number of benzene rings is 4. The van der Waals surface area contributed by atoms with E-state index in [0.29, 0.717) is 0 Å². The van der Waals surface area contributed by atoms with E-state index >= 15 is 0 Å². The Hall–Kier alpha value is -2.89. The molecule has 0 radical (unpaired) electrons. The van der Waals surface area contributed by atoms with Crippen molar-refractivity contribution in [1.82, 2.24) is 0 Å². The Balaban J connectivity index is 1.67. The molecule has 2 aliphatic rings. The zero-order valence-electron chi connectivity index (χ0n) is 14.7. The van der Waals surface area contributed by atoms with Crippen molar-refractivity contribution in [3.8, 4) is 33.8 Å². The summed E-state index contributed by atoms with van der Waals surface area (Å²) >= 11 is 0. The van der Waals surface area contributed by atoms with Crippen LogP contribution in [0.3, 0.4) is 0 Å². The summed E-state index contributed by atoms with van der Waals surface area (Å²) in [7, 11) is 0.800. The molecule has 2 aliphatic heterocycles. The van der Waals surface area contributed by atoms with Gasteiger partial charge in [0, 0.05) is 23.1 Å². The monoisotopic (exact) mass is 364 g/mol. The van der Waals surface area contributed by atoms with Crippen molar-refractivity contribution in [2.24, 2.45) is 0 Å². The Morgan fingerprint density at radius 3 is 2.00 bits per heavy atom. The third-order valence-corrected chi connectivity index (χ3v) is 6.72. The van der Waals surface area contributed by atoms with E-state index in [9.17, 15) is 0 Å². The fourth-order valence-corrected chi connectivity index (χ4v) is 5.33. The lowest BCUT2D eigenvalue weighted by atomic mass is 9.89. The van der Waals surface area contributed by atoms with Crippen LogP contribution >= 0.6 is 8.58 Å². The van der Waals surface area contributed by atoms with Gasteiger partial charge >= 0.3 is 0 Å². The lowest BCUT2D eigenvalue weighted by Gasteiger charge is -2.24. The van der Waals surface area contributed by atoms with Crippen LogP contribution in [-0.2, 0) is 6.42 Å². The number of para-hydroxylation sites is 1. The van der Waals surface area contributed by atoms with Crippen molar-refractivity contribution in [3.63, 3.8) is 0 Å². The molecule has 0 aromatic heterocycles. The summed E-state index contributed by atoms with van der Waals surface area (Å²) < 4.78 is 6.54. The highest BCUT2D eigenvalue weighted by Crippen LogP contribution is 2.51. The lowest BCUT2D eigenvalue weighted by molar-refractivity contribution is 0.463. The van der Waals surface area contributed by atoms with Gasteiger partial charge in [-0.15, -0.1) is 0 Å². The van der Waals surface area contributed by atoms with Gasteiger partial charge in [0.2, 0.25) is 0 Å². The van der Waals surface area contributed by atoms with E-state index in [-0.39, 0.29) is 0 Å². The summed E-state index contributed by atoms with van der Waals surface area (Å²) in [4.78, 5) is 0. The standard InChI is InChI=1S/C25H17OP/c1-3-9-16(10-4-1)21-22(17-11-5-2-6-12-17)25-24(27-25)19-15-18-13-7-8-14-20(18)26-23(19)21/h1-14,27H,15H2. The van der Waals surface area contributed by atoms with E-state index < -0.39 is 0 Å². The van der Waals surface area contributed by atoms with Gasteiger partial charge in [0.05, 0.1) is 0 Å². The quantitative estimate of drug-likeness (QED) is 0.360. The smallest absolute Gasteiger partial charge is 0.140 e. The maximum absolute atomic E-state index is 6.54.